The fraction of sp³-hybridized carbons (Fsp3) is 0.348. The van der Waals surface area contributed by atoms with Crippen LogP contribution >= 0.6 is 23.1 Å². The number of ketones is 1. The number of carbonyl (C=O) groups is 1. The third-order valence-electron chi connectivity index (χ3n) is 6.16. The SMILES string of the molecule is CN1/C(=C\C(=O)Cn2cnc3sc4c(c3c2=O)CCSC4)C(C)(C)c2ccccc21. The average Bonchev–Trinajstić information content (AvgIpc) is 3.20. The van der Waals surface area contributed by atoms with E-state index in [4.69, 9.17) is 0 Å². The van der Waals surface area contributed by atoms with Crippen LogP contribution in [0, 0.1) is 0 Å². The summed E-state index contributed by atoms with van der Waals surface area (Å²) >= 11 is 3.51. The van der Waals surface area contributed by atoms with Crippen molar-refractivity contribution in [1.29, 1.82) is 0 Å². The highest BCUT2D eigenvalue weighted by Gasteiger charge is 2.38. The maximum absolute atomic E-state index is 13.1. The van der Waals surface area contributed by atoms with Gasteiger partial charge in [0.2, 0.25) is 0 Å². The molecule has 0 radical (unpaired) electrons. The lowest BCUT2D eigenvalue weighted by Gasteiger charge is -2.24. The van der Waals surface area contributed by atoms with Crippen molar-refractivity contribution in [2.45, 2.75) is 38.0 Å². The van der Waals surface area contributed by atoms with Crippen molar-refractivity contribution < 1.29 is 4.79 Å². The number of thiophene rings is 1. The summed E-state index contributed by atoms with van der Waals surface area (Å²) in [5, 5.41) is 0.712. The summed E-state index contributed by atoms with van der Waals surface area (Å²) in [7, 11) is 1.99. The Labute approximate surface area is 183 Å². The largest absolute Gasteiger partial charge is 0.347 e. The van der Waals surface area contributed by atoms with E-state index in [1.165, 1.54) is 21.3 Å². The van der Waals surface area contributed by atoms with Crippen molar-refractivity contribution in [3.63, 3.8) is 0 Å². The van der Waals surface area contributed by atoms with E-state index in [0.29, 0.717) is 5.39 Å². The number of hydrogen-bond acceptors (Lipinski definition) is 6. The van der Waals surface area contributed by atoms with Crippen molar-refractivity contribution >= 4 is 44.8 Å². The molecule has 3 aromatic rings. The predicted octanol–water partition coefficient (Wildman–Crippen LogP) is 4.13. The summed E-state index contributed by atoms with van der Waals surface area (Å²) in [5.74, 6) is 1.88. The number of carbonyl (C=O) groups excluding carboxylic acids is 1. The Hall–Kier alpha value is -2.38. The van der Waals surface area contributed by atoms with Crippen LogP contribution in [0.2, 0.25) is 0 Å². The van der Waals surface area contributed by atoms with E-state index >= 15 is 0 Å². The van der Waals surface area contributed by atoms with E-state index in [2.05, 4.69) is 35.9 Å². The Morgan fingerprint density at radius 1 is 1.30 bits per heavy atom. The van der Waals surface area contributed by atoms with Crippen molar-refractivity contribution in [2.75, 3.05) is 17.7 Å². The van der Waals surface area contributed by atoms with Gasteiger partial charge in [0.1, 0.15) is 4.83 Å². The van der Waals surface area contributed by atoms with Gasteiger partial charge in [-0.25, -0.2) is 4.98 Å². The first-order valence-corrected chi connectivity index (χ1v) is 12.0. The average molecular weight is 438 g/mol. The molecule has 30 heavy (non-hydrogen) atoms. The van der Waals surface area contributed by atoms with Crippen molar-refractivity contribution in [2.24, 2.45) is 0 Å². The number of aryl methyl sites for hydroxylation is 1. The Kier molecular flexibility index (Phi) is 4.63. The molecular weight excluding hydrogens is 414 g/mol. The lowest BCUT2D eigenvalue weighted by Crippen LogP contribution is -2.27. The first-order valence-electron chi connectivity index (χ1n) is 10.0. The van der Waals surface area contributed by atoms with Crippen LogP contribution in [-0.4, -0.2) is 28.1 Å². The van der Waals surface area contributed by atoms with Crippen LogP contribution in [0.1, 0.15) is 29.9 Å². The van der Waals surface area contributed by atoms with Crippen LogP contribution in [0.5, 0.6) is 0 Å². The van der Waals surface area contributed by atoms with E-state index in [0.717, 1.165) is 39.7 Å². The molecule has 0 bridgehead atoms. The molecule has 0 aliphatic carbocycles. The summed E-state index contributed by atoms with van der Waals surface area (Å²) in [6.07, 6.45) is 4.11. The van der Waals surface area contributed by atoms with Crippen molar-refractivity contribution in [3.05, 3.63) is 68.7 Å². The zero-order valence-corrected chi connectivity index (χ0v) is 18.9. The van der Waals surface area contributed by atoms with Crippen molar-refractivity contribution in [1.82, 2.24) is 9.55 Å². The molecule has 0 saturated heterocycles. The number of allylic oxidation sites excluding steroid dienone is 2. The number of benzene rings is 1. The number of anilines is 1. The minimum absolute atomic E-state index is 0.00487. The summed E-state index contributed by atoms with van der Waals surface area (Å²) in [6, 6.07) is 8.22. The number of fused-ring (bicyclic) bond motifs is 4. The normalized spacial score (nSPS) is 18.6. The third-order valence-corrected chi connectivity index (χ3v) is 8.46. The Balaban J connectivity index is 1.49. The number of rotatable bonds is 3. The second kappa shape index (κ2) is 7.10. The Morgan fingerprint density at radius 2 is 2.10 bits per heavy atom. The molecule has 0 N–H and O–H groups in total. The fourth-order valence-electron chi connectivity index (χ4n) is 4.59. The molecule has 7 heteroatoms. The fourth-order valence-corrected chi connectivity index (χ4v) is 6.90. The molecule has 0 fully saturated rings. The van der Waals surface area contributed by atoms with E-state index < -0.39 is 0 Å². The molecular formula is C23H23N3O2S2. The molecule has 0 unspecified atom stereocenters. The van der Waals surface area contributed by atoms with Gasteiger partial charge in [-0.3, -0.25) is 14.2 Å². The molecule has 0 spiro atoms. The standard InChI is InChI=1S/C23H23N3O2S2/c1-23(2)16-6-4-5-7-17(16)25(3)19(23)10-14(27)11-26-13-24-21-20(22(26)28)15-8-9-29-12-18(15)30-21/h4-7,10,13H,8-9,11-12H2,1-3H3/b19-10-. The van der Waals surface area contributed by atoms with Crippen LogP contribution in [0.15, 0.2) is 47.2 Å². The van der Waals surface area contributed by atoms with Crippen LogP contribution in [0.25, 0.3) is 10.2 Å². The maximum atomic E-state index is 13.1. The van der Waals surface area contributed by atoms with Gasteiger partial charge in [0, 0.05) is 40.6 Å². The summed E-state index contributed by atoms with van der Waals surface area (Å²) in [5.41, 5.74) is 4.04. The van der Waals surface area contributed by atoms with E-state index in [1.54, 1.807) is 17.4 Å². The quantitative estimate of drug-likeness (QED) is 0.577. The topological polar surface area (TPSA) is 55.2 Å². The third kappa shape index (κ3) is 2.94. The van der Waals surface area contributed by atoms with Gasteiger partial charge in [-0.1, -0.05) is 32.0 Å². The second-order valence-corrected chi connectivity index (χ2v) is 10.6. The summed E-state index contributed by atoms with van der Waals surface area (Å²) in [6.45, 7) is 4.26. The van der Waals surface area contributed by atoms with Crippen LogP contribution in [0.4, 0.5) is 5.69 Å². The monoisotopic (exact) mass is 437 g/mol. The number of aromatic nitrogens is 2. The molecule has 0 atom stereocenters. The van der Waals surface area contributed by atoms with Crippen LogP contribution in [-0.2, 0) is 28.9 Å². The van der Waals surface area contributed by atoms with Gasteiger partial charge < -0.3 is 4.90 Å². The molecule has 0 saturated carbocycles. The van der Waals surface area contributed by atoms with E-state index in [1.807, 2.05) is 30.9 Å². The molecule has 2 aliphatic heterocycles. The van der Waals surface area contributed by atoms with Gasteiger partial charge in [-0.15, -0.1) is 11.3 Å². The number of para-hydroxylation sites is 1. The van der Waals surface area contributed by atoms with Gasteiger partial charge in [-0.05, 0) is 29.4 Å². The molecule has 2 aliphatic rings. The number of thioether (sulfide) groups is 1. The van der Waals surface area contributed by atoms with Gasteiger partial charge in [0.25, 0.3) is 5.56 Å². The first-order chi connectivity index (χ1) is 14.4. The number of likely N-dealkylation sites (N-methyl/N-ethyl adjacent to an activating group) is 1. The molecule has 5 rings (SSSR count). The van der Waals surface area contributed by atoms with Gasteiger partial charge in [0.15, 0.2) is 5.78 Å². The lowest BCUT2D eigenvalue weighted by atomic mass is 9.83. The minimum atomic E-state index is -0.266. The maximum Gasteiger partial charge on any atom is 0.262 e. The second-order valence-electron chi connectivity index (χ2n) is 8.36. The zero-order chi connectivity index (χ0) is 21.0. The Morgan fingerprint density at radius 3 is 2.90 bits per heavy atom. The zero-order valence-electron chi connectivity index (χ0n) is 17.3. The first kappa shape index (κ1) is 19.6. The molecule has 2 aromatic heterocycles. The van der Waals surface area contributed by atoms with Gasteiger partial charge >= 0.3 is 0 Å². The summed E-state index contributed by atoms with van der Waals surface area (Å²) in [4.78, 5) is 34.7. The van der Waals surface area contributed by atoms with E-state index in [-0.39, 0.29) is 23.3 Å². The van der Waals surface area contributed by atoms with E-state index in [9.17, 15) is 9.59 Å². The van der Waals surface area contributed by atoms with Crippen LogP contribution in [0.3, 0.4) is 0 Å². The Bertz CT molecular complexity index is 1270. The smallest absolute Gasteiger partial charge is 0.262 e. The van der Waals surface area contributed by atoms with Crippen molar-refractivity contribution in [3.8, 4) is 0 Å². The predicted molar refractivity (Wildman–Crippen MR) is 125 cm³/mol. The molecule has 1 aromatic carbocycles. The van der Waals surface area contributed by atoms with Crippen LogP contribution < -0.4 is 10.5 Å². The molecule has 154 valence electrons. The highest BCUT2D eigenvalue weighted by molar-refractivity contribution is 7.98. The molecule has 0 amide bonds. The minimum Gasteiger partial charge on any atom is -0.347 e. The molecule has 5 nitrogen and oxygen atoms in total. The number of hydrogen-bond donors (Lipinski definition) is 0. The summed E-state index contributed by atoms with van der Waals surface area (Å²) < 4.78 is 1.46. The number of nitrogens with zero attached hydrogens (tertiary/aromatic N) is 3. The highest BCUT2D eigenvalue weighted by Crippen LogP contribution is 2.46. The van der Waals surface area contributed by atoms with Gasteiger partial charge in [-0.2, -0.15) is 11.8 Å². The lowest BCUT2D eigenvalue weighted by molar-refractivity contribution is -0.115. The highest BCUT2D eigenvalue weighted by atomic mass is 32.2. The molecule has 4 heterocycles. The van der Waals surface area contributed by atoms with Gasteiger partial charge in [0.05, 0.1) is 18.3 Å².